The highest BCUT2D eigenvalue weighted by atomic mass is 35.5. The molecule has 0 aromatic heterocycles. The summed E-state index contributed by atoms with van der Waals surface area (Å²) in [5.41, 5.74) is 1.26. The van der Waals surface area contributed by atoms with Crippen molar-refractivity contribution < 1.29 is 9.16 Å². The molecular formula is C20H20ClO2SSi. The molecule has 0 unspecified atom stereocenters. The van der Waals surface area contributed by atoms with Crippen LogP contribution in [-0.4, -0.2) is 16.2 Å². The highest BCUT2D eigenvalue weighted by Gasteiger charge is 2.09. The zero-order chi connectivity index (χ0) is 17.8. The lowest BCUT2D eigenvalue weighted by atomic mass is 10.1. The van der Waals surface area contributed by atoms with E-state index in [1.165, 1.54) is 10.5 Å². The molecule has 25 heavy (non-hydrogen) atoms. The molecule has 0 N–H and O–H groups in total. The lowest BCUT2D eigenvalue weighted by Gasteiger charge is -2.14. The van der Waals surface area contributed by atoms with Gasteiger partial charge in [0.25, 0.3) is 9.04 Å². The Labute approximate surface area is 159 Å². The van der Waals surface area contributed by atoms with E-state index in [1.807, 2.05) is 24.3 Å². The normalized spacial score (nSPS) is 11.1. The van der Waals surface area contributed by atoms with Crippen LogP contribution in [0, 0.1) is 0 Å². The number of hydrogen-bond acceptors (Lipinski definition) is 3. The highest BCUT2D eigenvalue weighted by Crippen LogP contribution is 2.35. The van der Waals surface area contributed by atoms with Crippen molar-refractivity contribution in [2.45, 2.75) is 23.7 Å². The van der Waals surface area contributed by atoms with Crippen molar-refractivity contribution in [3.8, 4) is 11.5 Å². The fraction of sp³-hybridized carbons (Fsp3) is 0.200. The Kier molecular flexibility index (Phi) is 5.94. The van der Waals surface area contributed by atoms with E-state index in [0.29, 0.717) is 0 Å². The van der Waals surface area contributed by atoms with Crippen LogP contribution in [0.2, 0.25) is 18.1 Å². The van der Waals surface area contributed by atoms with Gasteiger partial charge in [0.2, 0.25) is 0 Å². The molecule has 3 aromatic rings. The second-order valence-electron chi connectivity index (χ2n) is 5.93. The highest BCUT2D eigenvalue weighted by molar-refractivity contribution is 7.98. The predicted molar refractivity (Wildman–Crippen MR) is 110 cm³/mol. The summed E-state index contributed by atoms with van der Waals surface area (Å²) in [5, 5.41) is 2.96. The van der Waals surface area contributed by atoms with Crippen LogP contribution < -0.4 is 9.16 Å². The molecule has 0 bridgehead atoms. The molecule has 129 valence electrons. The fourth-order valence-corrected chi connectivity index (χ4v) is 4.25. The third-order valence-corrected chi connectivity index (χ3v) is 5.64. The molecule has 3 rings (SSSR count). The number of benzene rings is 3. The van der Waals surface area contributed by atoms with Gasteiger partial charge in [0.1, 0.15) is 11.5 Å². The zero-order valence-electron chi connectivity index (χ0n) is 14.5. The second kappa shape index (κ2) is 8.17. The Morgan fingerprint density at radius 2 is 1.76 bits per heavy atom. The zero-order valence-corrected chi connectivity index (χ0v) is 17.1. The first-order chi connectivity index (χ1) is 12.0. The minimum absolute atomic E-state index is 0.733. The number of ether oxygens (including phenoxy) is 1. The Bertz CT molecular complexity index is 865. The molecule has 0 atom stereocenters. The van der Waals surface area contributed by atoms with Gasteiger partial charge in [-0.1, -0.05) is 29.8 Å². The smallest absolute Gasteiger partial charge is 0.274 e. The van der Waals surface area contributed by atoms with Crippen molar-refractivity contribution in [3.05, 3.63) is 65.2 Å². The van der Waals surface area contributed by atoms with Gasteiger partial charge in [-0.3, -0.25) is 0 Å². The molecule has 0 amide bonds. The quantitative estimate of drug-likeness (QED) is 0.359. The lowest BCUT2D eigenvalue weighted by Crippen LogP contribution is -2.11. The molecule has 0 aliphatic heterocycles. The van der Waals surface area contributed by atoms with E-state index in [4.69, 9.17) is 20.8 Å². The molecule has 3 aromatic carbocycles. The third-order valence-electron chi connectivity index (χ3n) is 3.73. The summed E-state index contributed by atoms with van der Waals surface area (Å²) in [6.45, 7) is 4.27. The van der Waals surface area contributed by atoms with E-state index in [9.17, 15) is 0 Å². The van der Waals surface area contributed by atoms with Crippen molar-refractivity contribution in [1.82, 2.24) is 0 Å². The third kappa shape index (κ3) is 4.72. The number of halogens is 1. The van der Waals surface area contributed by atoms with Crippen molar-refractivity contribution in [1.29, 1.82) is 0 Å². The molecule has 0 fully saturated rings. The molecule has 1 radical (unpaired) electrons. The molecule has 0 saturated carbocycles. The van der Waals surface area contributed by atoms with E-state index in [1.54, 1.807) is 18.9 Å². The maximum Gasteiger partial charge on any atom is 0.274 e. The van der Waals surface area contributed by atoms with E-state index in [2.05, 4.69) is 43.4 Å². The maximum absolute atomic E-state index is 6.17. The molecule has 2 nitrogen and oxygen atoms in total. The standard InChI is InChI=1S/C20H20ClO2SSi/c1-22-17-8-4-14(5-9-17)13-24-18-10-15-6-7-16(21)11-19(15)20(12-18)23-25(2)3/h4-12H,13H2,1-3H3. The van der Waals surface area contributed by atoms with Gasteiger partial charge in [-0.15, -0.1) is 11.8 Å². The van der Waals surface area contributed by atoms with Crippen LogP contribution >= 0.6 is 23.4 Å². The van der Waals surface area contributed by atoms with Crippen molar-refractivity contribution in [2.24, 2.45) is 0 Å². The van der Waals surface area contributed by atoms with Crippen LogP contribution in [0.4, 0.5) is 0 Å². The van der Waals surface area contributed by atoms with Gasteiger partial charge < -0.3 is 9.16 Å². The SMILES string of the molecule is COc1ccc(CSc2cc(O[Si](C)C)c3cc(Cl)ccc3c2)cc1. The number of rotatable bonds is 6. The van der Waals surface area contributed by atoms with Gasteiger partial charge in [0.15, 0.2) is 0 Å². The molecular weight excluding hydrogens is 368 g/mol. The maximum atomic E-state index is 6.17. The van der Waals surface area contributed by atoms with Gasteiger partial charge >= 0.3 is 0 Å². The first kappa shape index (κ1) is 18.2. The van der Waals surface area contributed by atoms with Crippen LogP contribution in [0.5, 0.6) is 11.5 Å². The molecule has 0 aliphatic carbocycles. The van der Waals surface area contributed by atoms with Gasteiger partial charge in [-0.2, -0.15) is 0 Å². The average molecular weight is 388 g/mol. The Morgan fingerprint density at radius 3 is 2.44 bits per heavy atom. The van der Waals surface area contributed by atoms with Crippen LogP contribution in [0.15, 0.2) is 59.5 Å². The van der Waals surface area contributed by atoms with Gasteiger partial charge in [-0.05, 0) is 60.4 Å². The number of fused-ring (bicyclic) bond motifs is 1. The fourth-order valence-electron chi connectivity index (χ4n) is 2.55. The van der Waals surface area contributed by atoms with Crippen LogP contribution in [0.3, 0.4) is 0 Å². The van der Waals surface area contributed by atoms with Crippen LogP contribution in [0.25, 0.3) is 10.8 Å². The largest absolute Gasteiger partial charge is 0.542 e. The van der Waals surface area contributed by atoms with Crippen molar-refractivity contribution >= 4 is 43.2 Å². The van der Waals surface area contributed by atoms with Crippen molar-refractivity contribution in [3.63, 3.8) is 0 Å². The number of methoxy groups -OCH3 is 1. The van der Waals surface area contributed by atoms with Gasteiger partial charge in [-0.25, -0.2) is 0 Å². The molecule has 5 heteroatoms. The molecule has 0 spiro atoms. The minimum atomic E-state index is -0.847. The Hall–Kier alpha value is -1.62. The van der Waals surface area contributed by atoms with Gasteiger partial charge in [0.05, 0.1) is 7.11 Å². The van der Waals surface area contributed by atoms with Gasteiger partial charge in [0, 0.05) is 21.1 Å². The predicted octanol–water partition coefficient (Wildman–Crippen LogP) is 6.42. The molecule has 0 saturated heterocycles. The Balaban J connectivity index is 1.86. The summed E-state index contributed by atoms with van der Waals surface area (Å²) >= 11 is 7.97. The summed E-state index contributed by atoms with van der Waals surface area (Å²) in [7, 11) is 0.838. The first-order valence-corrected chi connectivity index (χ1v) is 11.8. The van der Waals surface area contributed by atoms with Crippen LogP contribution in [-0.2, 0) is 5.75 Å². The summed E-state index contributed by atoms with van der Waals surface area (Å²) in [4.78, 5) is 1.20. The average Bonchev–Trinajstić information content (AvgIpc) is 2.60. The monoisotopic (exact) mass is 387 g/mol. The van der Waals surface area contributed by atoms with E-state index in [0.717, 1.165) is 33.0 Å². The summed E-state index contributed by atoms with van der Waals surface area (Å²) in [6, 6.07) is 18.5. The summed E-state index contributed by atoms with van der Waals surface area (Å²) in [6.07, 6.45) is 0. The van der Waals surface area contributed by atoms with Crippen LogP contribution in [0.1, 0.15) is 5.56 Å². The first-order valence-electron chi connectivity index (χ1n) is 8.02. The molecule has 0 aliphatic rings. The minimum Gasteiger partial charge on any atom is -0.542 e. The lowest BCUT2D eigenvalue weighted by molar-refractivity contribution is 0.414. The van der Waals surface area contributed by atoms with E-state index < -0.39 is 9.04 Å². The Morgan fingerprint density at radius 1 is 1.00 bits per heavy atom. The number of thioether (sulfide) groups is 1. The topological polar surface area (TPSA) is 18.5 Å². The molecule has 0 heterocycles. The van der Waals surface area contributed by atoms with E-state index >= 15 is 0 Å². The van der Waals surface area contributed by atoms with E-state index in [-0.39, 0.29) is 0 Å². The summed E-state index contributed by atoms with van der Waals surface area (Å²) in [5.74, 6) is 2.71. The summed E-state index contributed by atoms with van der Waals surface area (Å²) < 4.78 is 11.3. The number of hydrogen-bond donors (Lipinski definition) is 0. The van der Waals surface area contributed by atoms with Crippen molar-refractivity contribution in [2.75, 3.05) is 7.11 Å². The second-order valence-corrected chi connectivity index (χ2v) is 9.44.